The van der Waals surface area contributed by atoms with E-state index in [4.69, 9.17) is 0 Å². The third kappa shape index (κ3) is 3.75. The van der Waals surface area contributed by atoms with Crippen LogP contribution in [0.4, 0.5) is 0 Å². The molecule has 1 heterocycles. The zero-order chi connectivity index (χ0) is 15.3. The Balaban J connectivity index is 2.18. The molecule has 21 heavy (non-hydrogen) atoms. The van der Waals surface area contributed by atoms with Gasteiger partial charge in [-0.3, -0.25) is 4.90 Å². The minimum atomic E-state index is 0.303. The van der Waals surface area contributed by atoms with Crippen molar-refractivity contribution in [2.45, 2.75) is 52.1 Å². The fourth-order valence-corrected chi connectivity index (χ4v) is 3.32. The van der Waals surface area contributed by atoms with Crippen molar-refractivity contribution >= 4 is 0 Å². The average Bonchev–Trinajstić information content (AvgIpc) is 2.53. The van der Waals surface area contributed by atoms with Crippen molar-refractivity contribution in [2.75, 3.05) is 19.6 Å². The molecule has 0 amide bonds. The van der Waals surface area contributed by atoms with Crippen LogP contribution >= 0.6 is 0 Å². The lowest BCUT2D eigenvalue weighted by Gasteiger charge is -2.49. The van der Waals surface area contributed by atoms with E-state index < -0.39 is 0 Å². The normalized spacial score (nSPS) is 22.0. The molecule has 1 aromatic rings. The molecular formula is C19H30N2. The molecule has 0 aliphatic carbocycles. The number of benzene rings is 1. The van der Waals surface area contributed by atoms with Crippen LogP contribution in [0.2, 0.25) is 0 Å². The summed E-state index contributed by atoms with van der Waals surface area (Å²) in [7, 11) is 0. The van der Waals surface area contributed by atoms with Crippen LogP contribution in [-0.4, -0.2) is 30.1 Å². The number of nitrogens with one attached hydrogen (secondary N) is 1. The molecule has 2 rings (SSSR count). The highest BCUT2D eigenvalue weighted by molar-refractivity contribution is 5.21. The van der Waals surface area contributed by atoms with Crippen LogP contribution < -0.4 is 5.32 Å². The van der Waals surface area contributed by atoms with Crippen LogP contribution in [0.15, 0.2) is 42.0 Å². The molecule has 0 radical (unpaired) electrons. The van der Waals surface area contributed by atoms with E-state index in [-0.39, 0.29) is 0 Å². The van der Waals surface area contributed by atoms with Crippen molar-refractivity contribution in [3.63, 3.8) is 0 Å². The molecule has 0 spiro atoms. The highest BCUT2D eigenvalue weighted by Crippen LogP contribution is 2.31. The first kappa shape index (κ1) is 16.3. The summed E-state index contributed by atoms with van der Waals surface area (Å²) in [6, 6.07) is 11.3. The first-order chi connectivity index (χ1) is 10.1. The maximum absolute atomic E-state index is 3.78. The molecule has 2 nitrogen and oxygen atoms in total. The number of piperazine rings is 1. The highest BCUT2D eigenvalue weighted by atomic mass is 15.3. The topological polar surface area (TPSA) is 15.3 Å². The van der Waals surface area contributed by atoms with Gasteiger partial charge >= 0.3 is 0 Å². The Kier molecular flexibility index (Phi) is 5.60. The molecule has 116 valence electrons. The lowest BCUT2D eigenvalue weighted by atomic mass is 9.86. The van der Waals surface area contributed by atoms with Crippen molar-refractivity contribution in [1.82, 2.24) is 10.2 Å². The largest absolute Gasteiger partial charge is 0.307 e. The standard InChI is InChI=1S/C19H30N2/c1-5-19(6-2)15-20-18(17-10-8-7-9-11-17)14-21(19)13-12-16(3)4/h7-12,18,20H,5-6,13-15H2,1-4H3. The Labute approximate surface area is 130 Å². The molecule has 0 aromatic heterocycles. The van der Waals surface area contributed by atoms with Gasteiger partial charge in [-0.25, -0.2) is 0 Å². The van der Waals surface area contributed by atoms with Gasteiger partial charge < -0.3 is 5.32 Å². The van der Waals surface area contributed by atoms with Crippen LogP contribution in [0, 0.1) is 0 Å². The summed E-state index contributed by atoms with van der Waals surface area (Å²) in [5.41, 5.74) is 3.11. The first-order valence-electron chi connectivity index (χ1n) is 8.28. The van der Waals surface area contributed by atoms with Gasteiger partial charge in [-0.15, -0.1) is 0 Å². The summed E-state index contributed by atoms with van der Waals surface area (Å²) in [4.78, 5) is 2.69. The van der Waals surface area contributed by atoms with Crippen molar-refractivity contribution in [1.29, 1.82) is 0 Å². The lowest BCUT2D eigenvalue weighted by molar-refractivity contribution is 0.0418. The van der Waals surface area contributed by atoms with Gasteiger partial charge in [0, 0.05) is 31.2 Å². The SMILES string of the molecule is CCC1(CC)CNC(c2ccccc2)CN1CC=C(C)C. The van der Waals surface area contributed by atoms with Gasteiger partial charge in [0.25, 0.3) is 0 Å². The Morgan fingerprint density at radius 3 is 2.48 bits per heavy atom. The summed E-state index contributed by atoms with van der Waals surface area (Å²) in [5.74, 6) is 0. The minimum absolute atomic E-state index is 0.303. The fraction of sp³-hybridized carbons (Fsp3) is 0.579. The third-order valence-corrected chi connectivity index (χ3v) is 4.99. The number of allylic oxidation sites excluding steroid dienone is 1. The molecule has 1 saturated heterocycles. The number of hydrogen-bond donors (Lipinski definition) is 1. The minimum Gasteiger partial charge on any atom is -0.307 e. The van der Waals surface area contributed by atoms with E-state index in [1.165, 1.54) is 24.0 Å². The summed E-state index contributed by atoms with van der Waals surface area (Å²) in [5, 5.41) is 3.78. The quantitative estimate of drug-likeness (QED) is 0.818. The van der Waals surface area contributed by atoms with Crippen LogP contribution in [0.1, 0.15) is 52.1 Å². The number of nitrogens with zero attached hydrogens (tertiary/aromatic N) is 1. The van der Waals surface area contributed by atoms with Gasteiger partial charge in [-0.2, -0.15) is 0 Å². The predicted octanol–water partition coefficient (Wildman–Crippen LogP) is 4.16. The maximum Gasteiger partial charge on any atom is 0.0450 e. The second-order valence-electron chi connectivity index (χ2n) is 6.46. The Morgan fingerprint density at radius 2 is 1.90 bits per heavy atom. The van der Waals surface area contributed by atoms with E-state index in [9.17, 15) is 0 Å². The maximum atomic E-state index is 3.78. The highest BCUT2D eigenvalue weighted by Gasteiger charge is 2.38. The molecule has 1 aliphatic heterocycles. The summed E-state index contributed by atoms with van der Waals surface area (Å²) >= 11 is 0. The Morgan fingerprint density at radius 1 is 1.24 bits per heavy atom. The van der Waals surface area contributed by atoms with Crippen molar-refractivity contribution in [2.24, 2.45) is 0 Å². The van der Waals surface area contributed by atoms with E-state index >= 15 is 0 Å². The summed E-state index contributed by atoms with van der Waals surface area (Å²) in [6.07, 6.45) is 4.77. The zero-order valence-corrected chi connectivity index (χ0v) is 14.0. The van der Waals surface area contributed by atoms with Gasteiger partial charge in [0.1, 0.15) is 0 Å². The monoisotopic (exact) mass is 286 g/mol. The number of hydrogen-bond acceptors (Lipinski definition) is 2. The van der Waals surface area contributed by atoms with Gasteiger partial charge in [0.2, 0.25) is 0 Å². The van der Waals surface area contributed by atoms with Crippen molar-refractivity contribution < 1.29 is 0 Å². The molecule has 1 N–H and O–H groups in total. The second kappa shape index (κ2) is 7.24. The second-order valence-corrected chi connectivity index (χ2v) is 6.46. The van der Waals surface area contributed by atoms with Crippen molar-refractivity contribution in [3.05, 3.63) is 47.5 Å². The van der Waals surface area contributed by atoms with E-state index in [0.29, 0.717) is 11.6 Å². The molecule has 1 unspecified atom stereocenters. The molecule has 1 aromatic carbocycles. The molecule has 0 saturated carbocycles. The summed E-state index contributed by atoms with van der Waals surface area (Å²) in [6.45, 7) is 12.3. The van der Waals surface area contributed by atoms with E-state index in [1.807, 2.05) is 0 Å². The first-order valence-corrected chi connectivity index (χ1v) is 8.28. The molecule has 0 bridgehead atoms. The van der Waals surface area contributed by atoms with Gasteiger partial charge in [0.15, 0.2) is 0 Å². The lowest BCUT2D eigenvalue weighted by Crippen LogP contribution is -2.61. The van der Waals surface area contributed by atoms with E-state index in [2.05, 4.69) is 74.3 Å². The van der Waals surface area contributed by atoms with Crippen molar-refractivity contribution in [3.8, 4) is 0 Å². The summed E-state index contributed by atoms with van der Waals surface area (Å²) < 4.78 is 0. The molecule has 1 atom stereocenters. The van der Waals surface area contributed by atoms with E-state index in [0.717, 1.165) is 19.6 Å². The molecule has 2 heteroatoms. The average molecular weight is 286 g/mol. The molecule has 1 aliphatic rings. The smallest absolute Gasteiger partial charge is 0.0450 e. The molecule has 1 fully saturated rings. The Bertz CT molecular complexity index is 456. The van der Waals surface area contributed by atoms with Gasteiger partial charge in [0.05, 0.1) is 0 Å². The van der Waals surface area contributed by atoms with Gasteiger partial charge in [-0.05, 0) is 32.3 Å². The van der Waals surface area contributed by atoms with Crippen LogP contribution in [-0.2, 0) is 0 Å². The third-order valence-electron chi connectivity index (χ3n) is 4.99. The van der Waals surface area contributed by atoms with Crippen LogP contribution in [0.3, 0.4) is 0 Å². The predicted molar refractivity (Wildman–Crippen MR) is 91.5 cm³/mol. The Hall–Kier alpha value is -1.12. The fourth-order valence-electron chi connectivity index (χ4n) is 3.32. The number of rotatable bonds is 5. The van der Waals surface area contributed by atoms with Gasteiger partial charge in [-0.1, -0.05) is 55.8 Å². The molecular weight excluding hydrogens is 256 g/mol. The zero-order valence-electron chi connectivity index (χ0n) is 14.0. The van der Waals surface area contributed by atoms with E-state index in [1.54, 1.807) is 0 Å². The van der Waals surface area contributed by atoms with Crippen LogP contribution in [0.5, 0.6) is 0 Å². The van der Waals surface area contributed by atoms with Crippen LogP contribution in [0.25, 0.3) is 0 Å².